The van der Waals surface area contributed by atoms with E-state index in [1.807, 2.05) is 0 Å². The van der Waals surface area contributed by atoms with E-state index < -0.39 is 5.97 Å². The van der Waals surface area contributed by atoms with Gasteiger partial charge in [0.05, 0.1) is 5.69 Å². The number of benzene rings is 1. The first kappa shape index (κ1) is 15.7. The van der Waals surface area contributed by atoms with Gasteiger partial charge in [0, 0.05) is 5.56 Å². The molecule has 1 aromatic heterocycles. The van der Waals surface area contributed by atoms with Crippen molar-refractivity contribution in [3.8, 4) is 11.3 Å². The first-order chi connectivity index (χ1) is 8.06. The standard InChI is InChI=1S/C11H6ClFN2O2.K.H/c12-11-14-8(5-9(15-11)10(16)17)6-1-3-7(13)4-2-6;;/h1-5H,(H,16,17);;/q;+1;-1. The predicted molar refractivity (Wildman–Crippen MR) is 60.5 cm³/mol. The number of hydrogen-bond acceptors (Lipinski definition) is 3. The zero-order valence-electron chi connectivity index (χ0n) is 10.4. The molecule has 0 fully saturated rings. The first-order valence-corrected chi connectivity index (χ1v) is 4.98. The van der Waals surface area contributed by atoms with Crippen molar-refractivity contribution in [2.45, 2.75) is 0 Å². The smallest absolute Gasteiger partial charge is 1.00 e. The topological polar surface area (TPSA) is 63.1 Å². The number of carboxylic acids is 1. The van der Waals surface area contributed by atoms with Gasteiger partial charge in [-0.05, 0) is 41.9 Å². The van der Waals surface area contributed by atoms with Crippen molar-refractivity contribution in [1.29, 1.82) is 0 Å². The van der Waals surface area contributed by atoms with E-state index in [-0.39, 0.29) is 69.6 Å². The third-order valence-corrected chi connectivity index (χ3v) is 2.23. The van der Waals surface area contributed by atoms with Crippen LogP contribution < -0.4 is 51.4 Å². The average Bonchev–Trinajstić information content (AvgIpc) is 2.29. The molecule has 0 aliphatic heterocycles. The summed E-state index contributed by atoms with van der Waals surface area (Å²) in [7, 11) is 0. The van der Waals surface area contributed by atoms with Gasteiger partial charge in [-0.2, -0.15) is 0 Å². The molecule has 0 aliphatic rings. The van der Waals surface area contributed by atoms with Crippen molar-refractivity contribution in [3.63, 3.8) is 0 Å². The van der Waals surface area contributed by atoms with Gasteiger partial charge in [-0.25, -0.2) is 19.2 Å². The number of halogens is 2. The first-order valence-electron chi connectivity index (χ1n) is 4.60. The number of aromatic nitrogens is 2. The van der Waals surface area contributed by atoms with Crippen LogP contribution in [0.5, 0.6) is 0 Å². The molecular weight excluding hydrogens is 286 g/mol. The van der Waals surface area contributed by atoms with E-state index in [1.165, 1.54) is 30.3 Å². The van der Waals surface area contributed by atoms with Crippen molar-refractivity contribution in [2.24, 2.45) is 0 Å². The Hall–Kier alpha value is -0.374. The molecule has 0 spiro atoms. The minimum Gasteiger partial charge on any atom is -1.00 e. The molecule has 0 amide bonds. The van der Waals surface area contributed by atoms with Crippen LogP contribution in [-0.4, -0.2) is 21.0 Å². The van der Waals surface area contributed by atoms with Crippen LogP contribution in [0.15, 0.2) is 30.3 Å². The van der Waals surface area contributed by atoms with Crippen LogP contribution in [-0.2, 0) is 0 Å². The zero-order chi connectivity index (χ0) is 12.4. The van der Waals surface area contributed by atoms with Crippen molar-refractivity contribution >= 4 is 17.6 Å². The molecule has 0 bridgehead atoms. The maximum absolute atomic E-state index is 12.7. The van der Waals surface area contributed by atoms with Crippen molar-refractivity contribution < 1.29 is 67.1 Å². The Bertz CT molecular complexity index is 583. The number of carbonyl (C=O) groups is 1. The van der Waals surface area contributed by atoms with Crippen LogP contribution >= 0.6 is 11.6 Å². The molecule has 1 aromatic carbocycles. The molecule has 1 heterocycles. The Morgan fingerprint density at radius 2 is 1.89 bits per heavy atom. The predicted octanol–water partition coefficient (Wildman–Crippen LogP) is -0.249. The largest absolute Gasteiger partial charge is 1.00 e. The minimum atomic E-state index is -1.20. The minimum absolute atomic E-state index is 0. The normalized spacial score (nSPS) is 9.67. The fourth-order valence-electron chi connectivity index (χ4n) is 1.30. The molecule has 2 aromatic rings. The molecule has 0 saturated carbocycles. The number of hydrogen-bond donors (Lipinski definition) is 1. The van der Waals surface area contributed by atoms with E-state index in [2.05, 4.69) is 9.97 Å². The monoisotopic (exact) mass is 292 g/mol. The number of aromatic carboxylic acids is 1. The maximum atomic E-state index is 12.7. The van der Waals surface area contributed by atoms with Crippen molar-refractivity contribution in [1.82, 2.24) is 9.97 Å². The van der Waals surface area contributed by atoms with Gasteiger partial charge in [-0.15, -0.1) is 0 Å². The van der Waals surface area contributed by atoms with Crippen LogP contribution in [0.1, 0.15) is 11.9 Å². The molecule has 0 radical (unpaired) electrons. The van der Waals surface area contributed by atoms with Gasteiger partial charge in [0.2, 0.25) is 5.28 Å². The second-order valence-corrected chi connectivity index (χ2v) is 3.56. The Kier molecular flexibility index (Phi) is 5.83. The van der Waals surface area contributed by atoms with Gasteiger partial charge in [0.15, 0.2) is 5.69 Å². The van der Waals surface area contributed by atoms with E-state index in [9.17, 15) is 9.18 Å². The second kappa shape index (κ2) is 6.69. The van der Waals surface area contributed by atoms with Gasteiger partial charge in [-0.3, -0.25) is 0 Å². The Morgan fingerprint density at radius 3 is 2.44 bits per heavy atom. The van der Waals surface area contributed by atoms with Gasteiger partial charge in [-0.1, -0.05) is 0 Å². The third-order valence-electron chi connectivity index (χ3n) is 2.06. The molecular formula is C11H7ClFKN2O2. The number of rotatable bonds is 2. The summed E-state index contributed by atoms with van der Waals surface area (Å²) in [5.74, 6) is -1.58. The van der Waals surface area contributed by atoms with E-state index in [4.69, 9.17) is 16.7 Å². The van der Waals surface area contributed by atoms with Crippen LogP contribution in [0.2, 0.25) is 5.28 Å². The van der Waals surface area contributed by atoms with Crippen molar-refractivity contribution in [3.05, 3.63) is 47.1 Å². The molecule has 1 N–H and O–H groups in total. The summed E-state index contributed by atoms with van der Waals surface area (Å²) >= 11 is 5.62. The molecule has 2 rings (SSSR count). The molecule has 0 unspecified atom stereocenters. The summed E-state index contributed by atoms with van der Waals surface area (Å²) < 4.78 is 12.7. The van der Waals surface area contributed by atoms with Gasteiger partial charge < -0.3 is 6.53 Å². The SMILES string of the molecule is O=C(O)c1cc(-c2ccc(F)cc2)nc(Cl)n1.[H-].[K+]. The maximum Gasteiger partial charge on any atom is 1.00 e. The van der Waals surface area contributed by atoms with Gasteiger partial charge in [0.25, 0.3) is 0 Å². The summed E-state index contributed by atoms with van der Waals surface area (Å²) in [6.07, 6.45) is 0. The van der Waals surface area contributed by atoms with Gasteiger partial charge >= 0.3 is 57.4 Å². The van der Waals surface area contributed by atoms with Crippen LogP contribution in [0, 0.1) is 5.82 Å². The Balaban J connectivity index is 0.00000162. The fraction of sp³-hybridized carbons (Fsp3) is 0. The van der Waals surface area contributed by atoms with E-state index in [1.54, 1.807) is 0 Å². The molecule has 88 valence electrons. The molecule has 0 atom stereocenters. The number of carboxylic acid groups (broad SMARTS) is 1. The summed E-state index contributed by atoms with van der Waals surface area (Å²) in [6, 6.07) is 6.76. The summed E-state index contributed by atoms with van der Waals surface area (Å²) in [4.78, 5) is 18.2. The number of nitrogens with zero attached hydrogens (tertiary/aromatic N) is 2. The van der Waals surface area contributed by atoms with Gasteiger partial charge in [0.1, 0.15) is 5.82 Å². The van der Waals surface area contributed by atoms with E-state index in [0.717, 1.165) is 0 Å². The third kappa shape index (κ3) is 3.81. The van der Waals surface area contributed by atoms with E-state index >= 15 is 0 Å². The van der Waals surface area contributed by atoms with Crippen molar-refractivity contribution in [2.75, 3.05) is 0 Å². The van der Waals surface area contributed by atoms with E-state index in [0.29, 0.717) is 11.3 Å². The fourth-order valence-corrected chi connectivity index (χ4v) is 1.48. The molecule has 18 heavy (non-hydrogen) atoms. The Morgan fingerprint density at radius 1 is 1.28 bits per heavy atom. The summed E-state index contributed by atoms with van der Waals surface area (Å²) in [6.45, 7) is 0. The average molecular weight is 293 g/mol. The Labute approximate surface area is 151 Å². The quantitative estimate of drug-likeness (QED) is 0.612. The van der Waals surface area contributed by atoms with Crippen LogP contribution in [0.25, 0.3) is 11.3 Å². The van der Waals surface area contributed by atoms with Crippen LogP contribution in [0.3, 0.4) is 0 Å². The summed E-state index contributed by atoms with van der Waals surface area (Å²) in [5.41, 5.74) is 0.699. The van der Waals surface area contributed by atoms with Crippen LogP contribution in [0.4, 0.5) is 4.39 Å². The molecule has 7 heteroatoms. The summed E-state index contributed by atoms with van der Waals surface area (Å²) in [5, 5.41) is 8.65. The molecule has 0 saturated heterocycles. The molecule has 4 nitrogen and oxygen atoms in total. The molecule has 0 aliphatic carbocycles. The second-order valence-electron chi connectivity index (χ2n) is 3.22. The zero-order valence-corrected chi connectivity index (χ0v) is 13.3.